The van der Waals surface area contributed by atoms with Gasteiger partial charge in [0.1, 0.15) is 11.5 Å². The van der Waals surface area contributed by atoms with E-state index in [2.05, 4.69) is 185 Å². The first kappa shape index (κ1) is 31.5. The minimum atomic E-state index is -2.99. The normalized spacial score (nSPS) is 12.3. The third kappa shape index (κ3) is 4.33. The number of para-hydroxylation sites is 1. The zero-order chi connectivity index (χ0) is 36.8. The summed E-state index contributed by atoms with van der Waals surface area (Å²) in [4.78, 5) is 9.97. The Morgan fingerprint density at radius 3 is 1.88 bits per heavy atom. The van der Waals surface area contributed by atoms with Crippen molar-refractivity contribution in [3.05, 3.63) is 195 Å². The molecule has 7 aromatic carbocycles. The average Bonchev–Trinajstić information content (AvgIpc) is 4.00. The van der Waals surface area contributed by atoms with Gasteiger partial charge in [-0.25, -0.2) is 9.97 Å². The summed E-state index contributed by atoms with van der Waals surface area (Å²) in [6.07, 6.45) is 5.91. The molecule has 4 nitrogen and oxygen atoms in total. The maximum atomic E-state index is 5.01. The van der Waals surface area contributed by atoms with E-state index in [4.69, 9.17) is 9.97 Å². The molecule has 262 valence electrons. The molecule has 6 heteroatoms. The number of rotatable bonds is 5. The fraction of sp³-hybridized carbons (Fsp3) is 0. The Hall–Kier alpha value is -6.86. The maximum Gasteiger partial charge on any atom is 0.179 e. The quantitative estimate of drug-likeness (QED) is 0.0999. The van der Waals surface area contributed by atoms with Crippen LogP contribution >= 0.6 is 11.3 Å². The molecule has 12 aromatic rings. The molecule has 5 aromatic heterocycles. The molecule has 12 rings (SSSR count). The van der Waals surface area contributed by atoms with Crippen molar-refractivity contribution in [3.63, 3.8) is 0 Å². The molecular formula is C50H32N4SSi. The van der Waals surface area contributed by atoms with E-state index in [-0.39, 0.29) is 0 Å². The topological polar surface area (TPSA) is 35.1 Å². The number of nitrogens with zero attached hydrogens (tertiary/aromatic N) is 4. The summed E-state index contributed by atoms with van der Waals surface area (Å²) in [5.41, 5.74) is 4.50. The van der Waals surface area contributed by atoms with Crippen molar-refractivity contribution in [2.75, 3.05) is 0 Å². The first-order valence-electron chi connectivity index (χ1n) is 19.0. The zero-order valence-corrected chi connectivity index (χ0v) is 32.0. The highest BCUT2D eigenvalue weighted by Crippen LogP contribution is 2.42. The van der Waals surface area contributed by atoms with Gasteiger partial charge in [-0.3, -0.25) is 8.97 Å². The lowest BCUT2D eigenvalue weighted by Gasteiger charge is -2.35. The molecule has 0 saturated heterocycles. The van der Waals surface area contributed by atoms with Crippen LogP contribution in [0.3, 0.4) is 0 Å². The van der Waals surface area contributed by atoms with Crippen LogP contribution in [0.2, 0.25) is 0 Å². The van der Waals surface area contributed by atoms with Crippen LogP contribution < -0.4 is 20.7 Å². The zero-order valence-electron chi connectivity index (χ0n) is 30.2. The van der Waals surface area contributed by atoms with E-state index in [1.165, 1.54) is 68.0 Å². The fourth-order valence-electron chi connectivity index (χ4n) is 9.45. The summed E-state index contributed by atoms with van der Waals surface area (Å²) >= 11 is 1.86. The predicted octanol–water partition coefficient (Wildman–Crippen LogP) is 9.88. The van der Waals surface area contributed by atoms with E-state index in [1.54, 1.807) is 0 Å². The molecule has 0 bridgehead atoms. The first-order chi connectivity index (χ1) is 27.8. The third-order valence-corrected chi connectivity index (χ3v) is 17.7. The molecule has 0 aliphatic rings. The highest BCUT2D eigenvalue weighted by molar-refractivity contribution is 7.26. The van der Waals surface area contributed by atoms with E-state index < -0.39 is 8.07 Å². The molecule has 0 fully saturated rings. The van der Waals surface area contributed by atoms with Gasteiger partial charge in [0, 0.05) is 60.3 Å². The van der Waals surface area contributed by atoms with Crippen LogP contribution in [0, 0.1) is 0 Å². The standard InChI is InChI=1S/C50H32N4SSi/c1-3-13-33(14-4-1)56(34-15-5-2-6-16-34,35-22-24-37-38-17-7-9-19-43(38)53-30-29-52-50(53)42(37)31-35)36-23-25-39-40-26-27-46-48(41-18-8-10-20-45(41)55-46)49(40)54(44(39)32-36)47-21-11-12-28-51-47/h1-32H. The van der Waals surface area contributed by atoms with Crippen LogP contribution in [0.1, 0.15) is 0 Å². The predicted molar refractivity (Wildman–Crippen MR) is 239 cm³/mol. The molecular weight excluding hydrogens is 717 g/mol. The molecule has 0 unspecified atom stereocenters. The highest BCUT2D eigenvalue weighted by Gasteiger charge is 2.42. The number of benzene rings is 7. The second-order valence-corrected chi connectivity index (χ2v) is 19.5. The van der Waals surface area contributed by atoms with Crippen LogP contribution in [-0.4, -0.2) is 27.0 Å². The van der Waals surface area contributed by atoms with E-state index in [1.807, 2.05) is 29.8 Å². The summed E-state index contributed by atoms with van der Waals surface area (Å²) in [6.45, 7) is 0. The Balaban J connectivity index is 1.24. The average molecular weight is 749 g/mol. The molecule has 0 aliphatic carbocycles. The summed E-state index contributed by atoms with van der Waals surface area (Å²) in [6, 6.07) is 65.2. The molecule has 0 aliphatic heterocycles. The molecule has 0 amide bonds. The van der Waals surface area contributed by atoms with Gasteiger partial charge < -0.3 is 0 Å². The monoisotopic (exact) mass is 748 g/mol. The number of hydrogen-bond acceptors (Lipinski definition) is 3. The van der Waals surface area contributed by atoms with Gasteiger partial charge in [0.2, 0.25) is 0 Å². The van der Waals surface area contributed by atoms with Gasteiger partial charge in [0.05, 0.1) is 16.6 Å². The van der Waals surface area contributed by atoms with Gasteiger partial charge in [-0.2, -0.15) is 0 Å². The van der Waals surface area contributed by atoms with E-state index in [0.717, 1.165) is 27.9 Å². The van der Waals surface area contributed by atoms with Crippen molar-refractivity contribution in [2.45, 2.75) is 0 Å². The van der Waals surface area contributed by atoms with E-state index >= 15 is 0 Å². The second kappa shape index (κ2) is 12.1. The highest BCUT2D eigenvalue weighted by atomic mass is 32.1. The molecule has 0 spiro atoms. The number of hydrogen-bond donors (Lipinski definition) is 0. The molecule has 0 saturated carbocycles. The van der Waals surface area contributed by atoms with Crippen LogP contribution in [0.4, 0.5) is 0 Å². The van der Waals surface area contributed by atoms with Crippen molar-refractivity contribution in [1.29, 1.82) is 0 Å². The second-order valence-electron chi connectivity index (χ2n) is 14.6. The number of thiophene rings is 1. The smallest absolute Gasteiger partial charge is 0.179 e. The van der Waals surface area contributed by atoms with Crippen molar-refractivity contribution >= 4 is 109 Å². The molecule has 0 radical (unpaired) electrons. The van der Waals surface area contributed by atoms with Crippen molar-refractivity contribution < 1.29 is 0 Å². The SMILES string of the molecule is c1ccc([Si](c2ccccc2)(c2ccc3c4ccccc4n4ccnc4c3c2)c2ccc3c4ccc5sc6ccccc6c5c4n(-c4ccccn4)c3c2)cc1. The molecule has 0 atom stereocenters. The van der Waals surface area contributed by atoms with Crippen LogP contribution in [0.5, 0.6) is 0 Å². The van der Waals surface area contributed by atoms with Crippen molar-refractivity contribution in [1.82, 2.24) is 18.9 Å². The minimum Gasteiger partial charge on any atom is -0.299 e. The van der Waals surface area contributed by atoms with Gasteiger partial charge >= 0.3 is 0 Å². The lowest BCUT2D eigenvalue weighted by molar-refractivity contribution is 1.08. The van der Waals surface area contributed by atoms with Crippen LogP contribution in [0.15, 0.2) is 195 Å². The summed E-state index contributed by atoms with van der Waals surface area (Å²) in [5, 5.41) is 13.9. The van der Waals surface area contributed by atoms with Gasteiger partial charge in [0.15, 0.2) is 8.07 Å². The summed E-state index contributed by atoms with van der Waals surface area (Å²) < 4.78 is 7.24. The Morgan fingerprint density at radius 2 is 1.09 bits per heavy atom. The van der Waals surface area contributed by atoms with Gasteiger partial charge in [-0.1, -0.05) is 140 Å². The van der Waals surface area contributed by atoms with Crippen LogP contribution in [-0.2, 0) is 0 Å². The van der Waals surface area contributed by atoms with Crippen molar-refractivity contribution in [3.8, 4) is 5.82 Å². The minimum absolute atomic E-state index is 0.915. The van der Waals surface area contributed by atoms with Gasteiger partial charge in [0.25, 0.3) is 0 Å². The summed E-state index contributed by atoms with van der Waals surface area (Å²) in [7, 11) is -2.99. The van der Waals surface area contributed by atoms with E-state index in [0.29, 0.717) is 0 Å². The van der Waals surface area contributed by atoms with Gasteiger partial charge in [-0.15, -0.1) is 11.3 Å². The Bertz CT molecular complexity index is 3440. The van der Waals surface area contributed by atoms with Crippen LogP contribution in [0.25, 0.3) is 75.1 Å². The number of fused-ring (bicyclic) bond motifs is 13. The molecule has 0 N–H and O–H groups in total. The Kier molecular flexibility index (Phi) is 6.79. The molecule has 5 heterocycles. The Labute approximate surface area is 327 Å². The lowest BCUT2D eigenvalue weighted by Crippen LogP contribution is -2.74. The third-order valence-electron chi connectivity index (χ3n) is 11.8. The van der Waals surface area contributed by atoms with E-state index in [9.17, 15) is 0 Å². The number of pyridine rings is 2. The maximum absolute atomic E-state index is 5.01. The summed E-state index contributed by atoms with van der Waals surface area (Å²) in [5.74, 6) is 0.915. The molecule has 56 heavy (non-hydrogen) atoms. The number of imidazole rings is 1. The first-order valence-corrected chi connectivity index (χ1v) is 21.8. The number of aromatic nitrogens is 4. The largest absolute Gasteiger partial charge is 0.299 e. The lowest BCUT2D eigenvalue weighted by atomic mass is 10.1. The Morgan fingerprint density at radius 1 is 0.429 bits per heavy atom. The fourth-order valence-corrected chi connectivity index (χ4v) is 15.3. The van der Waals surface area contributed by atoms with Gasteiger partial charge in [-0.05, 0) is 62.5 Å². The van der Waals surface area contributed by atoms with Crippen molar-refractivity contribution in [2.24, 2.45) is 0 Å².